The fourth-order valence-corrected chi connectivity index (χ4v) is 4.26. The molecule has 0 amide bonds. The summed E-state index contributed by atoms with van der Waals surface area (Å²) in [6.45, 7) is 4.64. The zero-order valence-electron chi connectivity index (χ0n) is 14.1. The summed E-state index contributed by atoms with van der Waals surface area (Å²) in [6.07, 6.45) is 6.50. The van der Waals surface area contributed by atoms with E-state index < -0.39 is 5.76 Å². The number of hydrazone groups is 1. The SMILES string of the molecule is CC1(C)[C@H]2CC=C(C=NNC(=S)Nc3ccc(SC(F)F)cc3)[C@H]1C2. The maximum absolute atomic E-state index is 12.3. The second-order valence-corrected chi connectivity index (χ2v) is 8.45. The summed E-state index contributed by atoms with van der Waals surface area (Å²) in [5, 5.41) is 7.59. The third-order valence-corrected chi connectivity index (χ3v) is 6.14. The molecule has 0 heterocycles. The first kappa shape index (κ1) is 18.3. The van der Waals surface area contributed by atoms with Crippen LogP contribution in [0.2, 0.25) is 0 Å². The summed E-state index contributed by atoms with van der Waals surface area (Å²) < 4.78 is 24.6. The summed E-state index contributed by atoms with van der Waals surface area (Å²) in [5.74, 6) is -1.03. The van der Waals surface area contributed by atoms with Crippen LogP contribution in [0.3, 0.4) is 0 Å². The van der Waals surface area contributed by atoms with Gasteiger partial charge in [0.25, 0.3) is 5.76 Å². The van der Waals surface area contributed by atoms with Gasteiger partial charge in [0.15, 0.2) is 5.11 Å². The average Bonchev–Trinajstić information content (AvgIpc) is 2.56. The van der Waals surface area contributed by atoms with E-state index in [9.17, 15) is 8.78 Å². The van der Waals surface area contributed by atoms with Crippen molar-refractivity contribution in [3.05, 3.63) is 35.9 Å². The molecule has 3 nitrogen and oxygen atoms in total. The number of nitrogens with zero attached hydrogens (tertiary/aromatic N) is 1. The number of halogens is 2. The highest BCUT2D eigenvalue weighted by molar-refractivity contribution is 7.99. The van der Waals surface area contributed by atoms with E-state index in [4.69, 9.17) is 12.2 Å². The van der Waals surface area contributed by atoms with E-state index in [1.54, 1.807) is 24.3 Å². The minimum atomic E-state index is -2.42. The van der Waals surface area contributed by atoms with Gasteiger partial charge in [-0.3, -0.25) is 5.43 Å². The second-order valence-electron chi connectivity index (χ2n) is 6.97. The Morgan fingerprint density at radius 3 is 2.68 bits per heavy atom. The number of rotatable bonds is 5. The zero-order valence-corrected chi connectivity index (χ0v) is 15.8. The Hall–Kier alpha value is -1.47. The first-order valence-electron chi connectivity index (χ1n) is 8.21. The Kier molecular flexibility index (Phi) is 5.43. The standard InChI is InChI=1S/C18H21F2N3S2/c1-18(2)12-4-3-11(15(18)9-12)10-21-23-17(24)22-13-5-7-14(8-6-13)25-16(19)20/h3,5-8,10,12,15-16H,4,9H2,1-2H3,(H2,22,23,24)/t12-,15+/m0/s1. The molecule has 0 aliphatic heterocycles. The van der Waals surface area contributed by atoms with E-state index in [1.807, 2.05) is 6.21 Å². The van der Waals surface area contributed by atoms with Crippen molar-refractivity contribution in [3.8, 4) is 0 Å². The van der Waals surface area contributed by atoms with E-state index >= 15 is 0 Å². The highest BCUT2D eigenvalue weighted by Crippen LogP contribution is 2.58. The maximum Gasteiger partial charge on any atom is 0.288 e. The number of allylic oxidation sites excluding steroid dienone is 2. The molecule has 134 valence electrons. The first-order chi connectivity index (χ1) is 11.9. The molecule has 0 saturated heterocycles. The molecular weight excluding hydrogens is 360 g/mol. The van der Waals surface area contributed by atoms with Crippen molar-refractivity contribution in [2.75, 3.05) is 5.32 Å². The molecule has 1 aromatic rings. The number of hydrogen-bond acceptors (Lipinski definition) is 3. The molecule has 3 aliphatic carbocycles. The van der Waals surface area contributed by atoms with Crippen LogP contribution >= 0.6 is 24.0 Å². The first-order valence-corrected chi connectivity index (χ1v) is 9.50. The number of fused-ring (bicyclic) bond motifs is 1. The van der Waals surface area contributed by atoms with Gasteiger partial charge in [-0.1, -0.05) is 31.7 Å². The van der Waals surface area contributed by atoms with E-state index in [0.717, 1.165) is 18.0 Å². The van der Waals surface area contributed by atoms with E-state index in [2.05, 4.69) is 35.8 Å². The van der Waals surface area contributed by atoms with Crippen LogP contribution in [-0.4, -0.2) is 17.1 Å². The quantitative estimate of drug-likeness (QED) is 0.315. The van der Waals surface area contributed by atoms with Gasteiger partial charge in [-0.15, -0.1) is 0 Å². The molecule has 1 aromatic carbocycles. The zero-order chi connectivity index (χ0) is 18.0. The molecule has 0 aromatic heterocycles. The summed E-state index contributed by atoms with van der Waals surface area (Å²) in [6, 6.07) is 6.69. The van der Waals surface area contributed by atoms with Gasteiger partial charge >= 0.3 is 0 Å². The number of anilines is 1. The van der Waals surface area contributed by atoms with Crippen LogP contribution in [-0.2, 0) is 0 Å². The highest BCUT2D eigenvalue weighted by Gasteiger charge is 2.50. The molecule has 2 bridgehead atoms. The summed E-state index contributed by atoms with van der Waals surface area (Å²) in [5.41, 5.74) is 5.18. The van der Waals surface area contributed by atoms with Crippen LogP contribution in [0.5, 0.6) is 0 Å². The molecule has 1 fully saturated rings. The van der Waals surface area contributed by atoms with Crippen molar-refractivity contribution in [3.63, 3.8) is 0 Å². The van der Waals surface area contributed by atoms with Crippen molar-refractivity contribution in [2.45, 2.75) is 37.3 Å². The monoisotopic (exact) mass is 381 g/mol. The van der Waals surface area contributed by atoms with Crippen LogP contribution in [0, 0.1) is 17.3 Å². The second kappa shape index (κ2) is 7.41. The maximum atomic E-state index is 12.3. The number of hydrogen-bond donors (Lipinski definition) is 2. The number of thiocarbonyl (C=S) groups is 1. The fraction of sp³-hybridized carbons (Fsp3) is 0.444. The van der Waals surface area contributed by atoms with Crippen LogP contribution < -0.4 is 10.7 Å². The smallest absolute Gasteiger partial charge is 0.288 e. The van der Waals surface area contributed by atoms with Gasteiger partial charge < -0.3 is 5.32 Å². The van der Waals surface area contributed by atoms with Gasteiger partial charge in [0.2, 0.25) is 0 Å². The number of benzene rings is 1. The van der Waals surface area contributed by atoms with Crippen LogP contribution in [0.1, 0.15) is 26.7 Å². The average molecular weight is 382 g/mol. The molecule has 0 spiro atoms. The number of thioether (sulfide) groups is 1. The van der Waals surface area contributed by atoms with Crippen molar-refractivity contribution < 1.29 is 8.78 Å². The Labute approximate surface area is 156 Å². The van der Waals surface area contributed by atoms with Crippen molar-refractivity contribution >= 4 is 41.0 Å². The Morgan fingerprint density at radius 2 is 2.08 bits per heavy atom. The Bertz CT molecular complexity index is 699. The highest BCUT2D eigenvalue weighted by atomic mass is 32.2. The molecule has 25 heavy (non-hydrogen) atoms. The third-order valence-electron chi connectivity index (χ3n) is 5.23. The largest absolute Gasteiger partial charge is 0.331 e. The van der Waals surface area contributed by atoms with Crippen LogP contribution in [0.15, 0.2) is 45.9 Å². The van der Waals surface area contributed by atoms with Crippen molar-refractivity contribution in [1.29, 1.82) is 0 Å². The minimum Gasteiger partial charge on any atom is -0.331 e. The van der Waals surface area contributed by atoms with Crippen LogP contribution in [0.4, 0.5) is 14.5 Å². The summed E-state index contributed by atoms with van der Waals surface area (Å²) in [4.78, 5) is 0.517. The summed E-state index contributed by atoms with van der Waals surface area (Å²) >= 11 is 5.73. The predicted octanol–water partition coefficient (Wildman–Crippen LogP) is 5.27. The summed E-state index contributed by atoms with van der Waals surface area (Å²) in [7, 11) is 0. The molecule has 2 atom stereocenters. The fourth-order valence-electron chi connectivity index (χ4n) is 3.59. The van der Waals surface area contributed by atoms with Gasteiger partial charge in [0.1, 0.15) is 0 Å². The normalized spacial score (nSPS) is 24.0. The lowest BCUT2D eigenvalue weighted by Crippen LogP contribution is -2.48. The molecular formula is C18H21F2N3S2. The number of alkyl halides is 2. The third kappa shape index (κ3) is 4.20. The molecule has 7 heteroatoms. The van der Waals surface area contributed by atoms with Crippen molar-refractivity contribution in [1.82, 2.24) is 5.43 Å². The lowest BCUT2D eigenvalue weighted by atomic mass is 9.49. The Balaban J connectivity index is 1.49. The lowest BCUT2D eigenvalue weighted by molar-refractivity contribution is -0.00126. The van der Waals surface area contributed by atoms with Gasteiger partial charge in [-0.25, -0.2) is 0 Å². The van der Waals surface area contributed by atoms with Gasteiger partial charge in [-0.2, -0.15) is 13.9 Å². The Morgan fingerprint density at radius 1 is 1.36 bits per heavy atom. The lowest BCUT2D eigenvalue weighted by Gasteiger charge is -2.55. The van der Waals surface area contributed by atoms with Gasteiger partial charge in [0.05, 0.1) is 6.21 Å². The van der Waals surface area contributed by atoms with Crippen LogP contribution in [0.25, 0.3) is 0 Å². The van der Waals surface area contributed by atoms with E-state index in [-0.39, 0.29) is 0 Å². The minimum absolute atomic E-state index is 0.368. The van der Waals surface area contributed by atoms with E-state index in [1.165, 1.54) is 12.0 Å². The molecule has 1 saturated carbocycles. The topological polar surface area (TPSA) is 36.4 Å². The van der Waals surface area contributed by atoms with E-state index in [0.29, 0.717) is 33.1 Å². The van der Waals surface area contributed by atoms with Gasteiger partial charge in [-0.05, 0) is 72.1 Å². The molecule has 0 unspecified atom stereocenters. The molecule has 2 N–H and O–H groups in total. The molecule has 4 rings (SSSR count). The molecule has 3 aliphatic rings. The van der Waals surface area contributed by atoms with Crippen molar-refractivity contribution in [2.24, 2.45) is 22.4 Å². The molecule has 0 radical (unpaired) electrons. The number of nitrogens with one attached hydrogen (secondary N) is 2. The van der Waals surface area contributed by atoms with Gasteiger partial charge in [0, 0.05) is 10.6 Å². The predicted molar refractivity (Wildman–Crippen MR) is 104 cm³/mol.